The van der Waals surface area contributed by atoms with Crippen LogP contribution in [0.5, 0.6) is 5.75 Å². The molecule has 0 atom stereocenters. The Bertz CT molecular complexity index is 866. The number of unbranched alkanes of at least 4 members (excludes halogenated alkanes) is 2. The molecule has 2 aromatic rings. The van der Waals surface area contributed by atoms with Crippen LogP contribution in [0.25, 0.3) is 0 Å². The molecule has 0 spiro atoms. The number of benzene rings is 2. The fourth-order valence-electron chi connectivity index (χ4n) is 3.26. The lowest BCUT2D eigenvalue weighted by atomic mass is 10.2. The summed E-state index contributed by atoms with van der Waals surface area (Å²) in [7, 11) is -3.57. The van der Waals surface area contributed by atoms with Gasteiger partial charge in [0.15, 0.2) is 0 Å². The van der Waals surface area contributed by atoms with Gasteiger partial charge in [-0.15, -0.1) is 0 Å². The van der Waals surface area contributed by atoms with Crippen molar-refractivity contribution in [3.63, 3.8) is 0 Å². The molecule has 1 aliphatic rings. The summed E-state index contributed by atoms with van der Waals surface area (Å²) in [5.74, 6) is 0.432. The van der Waals surface area contributed by atoms with Gasteiger partial charge in [0.25, 0.3) is 0 Å². The average molecular weight is 423 g/mol. The van der Waals surface area contributed by atoms with Crippen LogP contribution >= 0.6 is 11.6 Å². The van der Waals surface area contributed by atoms with Gasteiger partial charge in [-0.2, -0.15) is 4.31 Å². The number of hydrogen-bond acceptors (Lipinski definition) is 4. The van der Waals surface area contributed by atoms with Crippen LogP contribution in [-0.4, -0.2) is 45.5 Å². The Labute approximate surface area is 172 Å². The van der Waals surface area contributed by atoms with E-state index in [1.807, 2.05) is 30.3 Å². The lowest BCUT2D eigenvalue weighted by Gasteiger charge is -2.35. The second-order valence-electron chi connectivity index (χ2n) is 6.87. The summed E-state index contributed by atoms with van der Waals surface area (Å²) in [5, 5.41) is 0.435. The lowest BCUT2D eigenvalue weighted by Crippen LogP contribution is -2.48. The molecule has 152 valence electrons. The van der Waals surface area contributed by atoms with E-state index in [2.05, 4.69) is 11.8 Å². The third-order valence-electron chi connectivity index (χ3n) is 4.91. The van der Waals surface area contributed by atoms with Crippen molar-refractivity contribution < 1.29 is 13.2 Å². The molecular weight excluding hydrogens is 396 g/mol. The van der Waals surface area contributed by atoms with E-state index >= 15 is 0 Å². The molecule has 2 aromatic carbocycles. The average Bonchev–Trinajstić information content (AvgIpc) is 2.73. The minimum absolute atomic E-state index is 0.232. The summed E-state index contributed by atoms with van der Waals surface area (Å²) in [4.78, 5) is 2.44. The summed E-state index contributed by atoms with van der Waals surface area (Å²) in [6.07, 6.45) is 3.09. The fourth-order valence-corrected chi connectivity index (χ4v) is 4.87. The standard InChI is InChI=1S/C21H27ClN2O3S/c1-2-3-7-16-27-21-17-19(10-11-20(21)22)28(25,26)24-14-12-23(13-15-24)18-8-5-4-6-9-18/h4-6,8-11,17H,2-3,7,12-16H2,1H3. The van der Waals surface area contributed by atoms with Crippen molar-refractivity contribution in [3.8, 4) is 5.75 Å². The van der Waals surface area contributed by atoms with Gasteiger partial charge >= 0.3 is 0 Å². The normalized spacial score (nSPS) is 15.6. The molecule has 1 aliphatic heterocycles. The fraction of sp³-hybridized carbons (Fsp3) is 0.429. The summed E-state index contributed by atoms with van der Waals surface area (Å²) in [6, 6.07) is 14.8. The minimum Gasteiger partial charge on any atom is -0.492 e. The third-order valence-corrected chi connectivity index (χ3v) is 7.11. The molecule has 5 nitrogen and oxygen atoms in total. The highest BCUT2D eigenvalue weighted by molar-refractivity contribution is 7.89. The largest absolute Gasteiger partial charge is 0.492 e. The van der Waals surface area contributed by atoms with Crippen molar-refractivity contribution in [1.29, 1.82) is 0 Å². The van der Waals surface area contributed by atoms with Crippen LogP contribution in [0.3, 0.4) is 0 Å². The predicted octanol–water partition coefficient (Wildman–Crippen LogP) is 4.42. The van der Waals surface area contributed by atoms with Gasteiger partial charge in [0, 0.05) is 37.9 Å². The lowest BCUT2D eigenvalue weighted by molar-refractivity contribution is 0.305. The molecule has 0 saturated carbocycles. The van der Waals surface area contributed by atoms with Crippen LogP contribution in [0.2, 0.25) is 5.02 Å². The van der Waals surface area contributed by atoms with Crippen molar-refractivity contribution in [2.45, 2.75) is 31.1 Å². The molecule has 28 heavy (non-hydrogen) atoms. The first-order chi connectivity index (χ1) is 13.5. The van der Waals surface area contributed by atoms with Crippen molar-refractivity contribution in [3.05, 3.63) is 53.6 Å². The summed E-state index contributed by atoms with van der Waals surface area (Å²) >= 11 is 6.19. The maximum atomic E-state index is 13.1. The van der Waals surface area contributed by atoms with E-state index in [0.717, 1.165) is 24.9 Å². The van der Waals surface area contributed by atoms with Crippen LogP contribution in [0.4, 0.5) is 5.69 Å². The smallest absolute Gasteiger partial charge is 0.243 e. The summed E-state index contributed by atoms with van der Waals surface area (Å²) in [6.45, 7) is 4.89. The number of sulfonamides is 1. The molecule has 1 heterocycles. The van der Waals surface area contributed by atoms with E-state index in [9.17, 15) is 8.42 Å². The molecule has 3 rings (SSSR count). The Morgan fingerprint density at radius 3 is 2.39 bits per heavy atom. The van der Waals surface area contributed by atoms with E-state index in [-0.39, 0.29) is 4.90 Å². The molecule has 1 saturated heterocycles. The van der Waals surface area contributed by atoms with Gasteiger partial charge in [-0.25, -0.2) is 8.42 Å². The number of para-hydroxylation sites is 1. The molecule has 0 N–H and O–H groups in total. The summed E-state index contributed by atoms with van der Waals surface area (Å²) < 4.78 is 33.4. The van der Waals surface area contributed by atoms with Crippen molar-refractivity contribution in [1.82, 2.24) is 4.31 Å². The first-order valence-electron chi connectivity index (χ1n) is 9.75. The zero-order chi connectivity index (χ0) is 20.0. The number of halogens is 1. The van der Waals surface area contributed by atoms with E-state index in [1.165, 1.54) is 4.31 Å². The van der Waals surface area contributed by atoms with E-state index in [0.29, 0.717) is 43.6 Å². The summed E-state index contributed by atoms with van der Waals surface area (Å²) in [5.41, 5.74) is 1.12. The first-order valence-corrected chi connectivity index (χ1v) is 11.6. The van der Waals surface area contributed by atoms with Crippen LogP contribution < -0.4 is 9.64 Å². The van der Waals surface area contributed by atoms with E-state index in [1.54, 1.807) is 18.2 Å². The number of piperazine rings is 1. The monoisotopic (exact) mass is 422 g/mol. The van der Waals surface area contributed by atoms with Crippen molar-refractivity contribution >= 4 is 27.3 Å². The maximum absolute atomic E-state index is 13.1. The highest BCUT2D eigenvalue weighted by Gasteiger charge is 2.29. The number of nitrogens with zero attached hydrogens (tertiary/aromatic N) is 2. The molecule has 0 amide bonds. The molecule has 0 aromatic heterocycles. The third kappa shape index (κ3) is 4.99. The van der Waals surface area contributed by atoms with Gasteiger partial charge < -0.3 is 9.64 Å². The Kier molecular flexibility index (Phi) is 7.21. The maximum Gasteiger partial charge on any atom is 0.243 e. The molecule has 0 aliphatic carbocycles. The van der Waals surface area contributed by atoms with Crippen LogP contribution in [0.1, 0.15) is 26.2 Å². The van der Waals surface area contributed by atoms with Gasteiger partial charge in [0.05, 0.1) is 16.5 Å². The van der Waals surface area contributed by atoms with Gasteiger partial charge in [-0.05, 0) is 30.7 Å². The zero-order valence-electron chi connectivity index (χ0n) is 16.2. The second-order valence-corrected chi connectivity index (χ2v) is 9.22. The molecule has 0 radical (unpaired) electrons. The molecular formula is C21H27ClN2O3S. The predicted molar refractivity (Wildman–Crippen MR) is 114 cm³/mol. The van der Waals surface area contributed by atoms with Gasteiger partial charge in [0.1, 0.15) is 5.75 Å². The topological polar surface area (TPSA) is 49.9 Å². The van der Waals surface area contributed by atoms with Crippen LogP contribution in [-0.2, 0) is 10.0 Å². The van der Waals surface area contributed by atoms with E-state index < -0.39 is 10.0 Å². The highest BCUT2D eigenvalue weighted by Crippen LogP contribution is 2.30. The molecule has 0 unspecified atom stereocenters. The van der Waals surface area contributed by atoms with Gasteiger partial charge in [-0.3, -0.25) is 0 Å². The van der Waals surface area contributed by atoms with Crippen molar-refractivity contribution in [2.24, 2.45) is 0 Å². The minimum atomic E-state index is -3.57. The Morgan fingerprint density at radius 2 is 1.71 bits per heavy atom. The SMILES string of the molecule is CCCCCOc1cc(S(=O)(=O)N2CCN(c3ccccc3)CC2)ccc1Cl. The van der Waals surface area contributed by atoms with E-state index in [4.69, 9.17) is 16.3 Å². The molecule has 7 heteroatoms. The second kappa shape index (κ2) is 9.63. The molecule has 0 bridgehead atoms. The highest BCUT2D eigenvalue weighted by atomic mass is 35.5. The molecule has 1 fully saturated rings. The van der Waals surface area contributed by atoms with Gasteiger partial charge in [0.2, 0.25) is 10.0 Å². The number of rotatable bonds is 8. The van der Waals surface area contributed by atoms with Crippen LogP contribution in [0.15, 0.2) is 53.4 Å². The Morgan fingerprint density at radius 1 is 1.00 bits per heavy atom. The Balaban J connectivity index is 1.67. The number of ether oxygens (including phenoxy) is 1. The number of anilines is 1. The van der Waals surface area contributed by atoms with Gasteiger partial charge in [-0.1, -0.05) is 49.6 Å². The number of hydrogen-bond donors (Lipinski definition) is 0. The Hall–Kier alpha value is -1.76. The quantitative estimate of drug-likeness (QED) is 0.591. The first kappa shape index (κ1) is 21.0. The van der Waals surface area contributed by atoms with Crippen molar-refractivity contribution in [2.75, 3.05) is 37.7 Å². The van der Waals surface area contributed by atoms with Crippen LogP contribution in [0, 0.1) is 0 Å². The zero-order valence-corrected chi connectivity index (χ0v) is 17.8.